The van der Waals surface area contributed by atoms with Crippen molar-refractivity contribution in [3.8, 4) is 0 Å². The first-order chi connectivity index (χ1) is 9.29. The number of hydrogen-bond acceptors (Lipinski definition) is 2. The third-order valence-electron chi connectivity index (χ3n) is 3.52. The number of esters is 1. The normalized spacial score (nSPS) is 21.6. The van der Waals surface area contributed by atoms with Gasteiger partial charge in [0, 0.05) is 11.4 Å². The third kappa shape index (κ3) is 2.30. The Morgan fingerprint density at radius 1 is 1.16 bits per heavy atom. The molecule has 0 aromatic heterocycles. The second-order valence-electron chi connectivity index (χ2n) is 4.66. The van der Waals surface area contributed by atoms with Crippen molar-refractivity contribution >= 4 is 32.7 Å². The van der Waals surface area contributed by atoms with Crippen LogP contribution in [0.1, 0.15) is 24.3 Å². The fourth-order valence-corrected chi connectivity index (χ4v) is 2.89. The lowest BCUT2D eigenvalue weighted by atomic mass is 9.88. The van der Waals surface area contributed by atoms with E-state index in [9.17, 15) is 4.79 Å². The third-order valence-corrected chi connectivity index (χ3v) is 4.03. The van der Waals surface area contributed by atoms with E-state index >= 15 is 0 Å². The highest BCUT2D eigenvalue weighted by atomic mass is 79.9. The summed E-state index contributed by atoms with van der Waals surface area (Å²) in [6.07, 6.45) is 1.58. The summed E-state index contributed by atoms with van der Waals surface area (Å²) in [5, 5.41) is 2.30. The number of benzene rings is 2. The average Bonchev–Trinajstić information content (AvgIpc) is 2.46. The molecule has 1 aliphatic heterocycles. The van der Waals surface area contributed by atoms with Crippen molar-refractivity contribution in [1.29, 1.82) is 0 Å². The van der Waals surface area contributed by atoms with Gasteiger partial charge in [0.25, 0.3) is 0 Å². The molecule has 3 heteroatoms. The Hall–Kier alpha value is -1.61. The summed E-state index contributed by atoms with van der Waals surface area (Å²) < 4.78 is 5.33. The van der Waals surface area contributed by atoms with Crippen LogP contribution in [0.3, 0.4) is 0 Å². The Labute approximate surface area is 120 Å². The lowest BCUT2D eigenvalue weighted by Crippen LogP contribution is -2.21. The number of carbonyl (C=O) groups excluding carboxylic acids is 1. The molecule has 0 spiro atoms. The molecule has 1 heterocycles. The van der Waals surface area contributed by atoms with Gasteiger partial charge in [-0.3, -0.25) is 4.79 Å². The first-order valence-corrected chi connectivity index (χ1v) is 7.20. The second kappa shape index (κ2) is 5.17. The van der Waals surface area contributed by atoms with Gasteiger partial charge in [0.15, 0.2) is 0 Å². The molecule has 96 valence electrons. The first-order valence-electron chi connectivity index (χ1n) is 6.28. The summed E-state index contributed by atoms with van der Waals surface area (Å²) in [5.41, 5.74) is 1.07. The van der Waals surface area contributed by atoms with Crippen LogP contribution in [0.15, 0.2) is 53.2 Å². The summed E-state index contributed by atoms with van der Waals surface area (Å²) in [5.74, 6) is 0.386. The van der Waals surface area contributed by atoms with Crippen molar-refractivity contribution in [2.24, 2.45) is 0 Å². The maximum Gasteiger partial charge on any atom is 0.318 e. The molecule has 2 aromatic rings. The van der Waals surface area contributed by atoms with Gasteiger partial charge in [-0.25, -0.2) is 0 Å². The Morgan fingerprint density at radius 2 is 1.95 bits per heavy atom. The van der Waals surface area contributed by atoms with Gasteiger partial charge >= 0.3 is 5.97 Å². The number of ether oxygens (including phenoxy) is 1. The maximum absolute atomic E-state index is 12.1. The van der Waals surface area contributed by atoms with Crippen molar-refractivity contribution in [3.63, 3.8) is 0 Å². The second-order valence-corrected chi connectivity index (χ2v) is 5.11. The van der Waals surface area contributed by atoms with E-state index in [1.807, 2.05) is 24.3 Å². The summed E-state index contributed by atoms with van der Waals surface area (Å²) >= 11 is 3.22. The molecule has 0 unspecified atom stereocenters. The fraction of sp³-hybridized carbons (Fsp3) is 0.188. The van der Waals surface area contributed by atoms with Crippen LogP contribution in [-0.2, 0) is 9.53 Å². The van der Waals surface area contributed by atoms with E-state index in [1.165, 1.54) is 0 Å². The molecule has 0 amide bonds. The number of carbonyl (C=O) groups is 1. The molecular formula is C16H13BrO2. The minimum Gasteiger partial charge on any atom is -0.430 e. The predicted octanol–water partition coefficient (Wildman–Crippen LogP) is 4.50. The molecule has 1 saturated heterocycles. The molecular weight excluding hydrogens is 304 g/mol. The number of allylic oxidation sites excluding steroid dienone is 1. The highest BCUT2D eigenvalue weighted by Gasteiger charge is 2.29. The van der Waals surface area contributed by atoms with Gasteiger partial charge in [-0.2, -0.15) is 0 Å². The molecule has 1 aliphatic rings. The van der Waals surface area contributed by atoms with Gasteiger partial charge in [-0.15, -0.1) is 0 Å². The van der Waals surface area contributed by atoms with Crippen molar-refractivity contribution in [3.05, 3.63) is 58.8 Å². The van der Waals surface area contributed by atoms with E-state index in [4.69, 9.17) is 4.74 Å². The van der Waals surface area contributed by atoms with Crippen molar-refractivity contribution in [1.82, 2.24) is 0 Å². The number of rotatable bonds is 1. The van der Waals surface area contributed by atoms with Gasteiger partial charge in [0.05, 0.1) is 5.92 Å². The highest BCUT2D eigenvalue weighted by Crippen LogP contribution is 2.35. The zero-order chi connectivity index (χ0) is 13.2. The quantitative estimate of drug-likeness (QED) is 0.724. The fourth-order valence-electron chi connectivity index (χ4n) is 2.57. The first kappa shape index (κ1) is 12.4. The van der Waals surface area contributed by atoms with E-state index in [1.54, 1.807) is 4.99 Å². The number of fused-ring (bicyclic) bond motifs is 1. The smallest absolute Gasteiger partial charge is 0.318 e. The summed E-state index contributed by atoms with van der Waals surface area (Å²) in [6.45, 7) is 0. The van der Waals surface area contributed by atoms with Crippen LogP contribution in [0.5, 0.6) is 0 Å². The van der Waals surface area contributed by atoms with Crippen LogP contribution in [0, 0.1) is 0 Å². The largest absolute Gasteiger partial charge is 0.430 e. The number of halogens is 1. The van der Waals surface area contributed by atoms with Gasteiger partial charge in [0.2, 0.25) is 0 Å². The van der Waals surface area contributed by atoms with Crippen molar-refractivity contribution in [2.75, 3.05) is 0 Å². The highest BCUT2D eigenvalue weighted by molar-refractivity contribution is 9.11. The zero-order valence-corrected chi connectivity index (χ0v) is 11.9. The van der Waals surface area contributed by atoms with Gasteiger partial charge in [-0.05, 0) is 22.8 Å². The Kier molecular flexibility index (Phi) is 3.38. The lowest BCUT2D eigenvalue weighted by molar-refractivity contribution is -0.143. The van der Waals surface area contributed by atoms with Crippen molar-refractivity contribution < 1.29 is 9.53 Å². The van der Waals surface area contributed by atoms with Gasteiger partial charge in [-0.1, -0.05) is 58.4 Å². The molecule has 1 atom stereocenters. The number of cyclic esters (lactones) is 1. The molecule has 0 radical (unpaired) electrons. The van der Waals surface area contributed by atoms with Crippen LogP contribution in [-0.4, -0.2) is 5.97 Å². The monoisotopic (exact) mass is 316 g/mol. The van der Waals surface area contributed by atoms with E-state index in [0.29, 0.717) is 5.76 Å². The SMILES string of the molecule is O=C1OC(=CBr)CC[C@@H]1c1cccc2ccccc12. The van der Waals surface area contributed by atoms with Crippen LogP contribution < -0.4 is 0 Å². The molecule has 19 heavy (non-hydrogen) atoms. The average molecular weight is 317 g/mol. The lowest BCUT2D eigenvalue weighted by Gasteiger charge is -2.23. The predicted molar refractivity (Wildman–Crippen MR) is 79.0 cm³/mol. The Bertz CT molecular complexity index is 655. The van der Waals surface area contributed by atoms with E-state index in [2.05, 4.69) is 34.1 Å². The zero-order valence-electron chi connectivity index (χ0n) is 10.3. The number of hydrogen-bond donors (Lipinski definition) is 0. The summed E-state index contributed by atoms with van der Waals surface area (Å²) in [4.78, 5) is 13.8. The Balaban J connectivity index is 2.03. The molecule has 2 aromatic carbocycles. The minimum absolute atomic E-state index is 0.159. The standard InChI is InChI=1S/C16H13BrO2/c17-10-12-8-9-15(16(18)19-12)14-7-3-5-11-4-1-2-6-13(11)14/h1-7,10,15H,8-9H2/t15-/m1/s1. The van der Waals surface area contributed by atoms with Gasteiger partial charge in [0.1, 0.15) is 5.76 Å². The molecule has 0 saturated carbocycles. The minimum atomic E-state index is -0.165. The van der Waals surface area contributed by atoms with Crippen LogP contribution in [0.2, 0.25) is 0 Å². The molecule has 3 rings (SSSR count). The molecule has 0 bridgehead atoms. The van der Waals surface area contributed by atoms with Crippen molar-refractivity contribution in [2.45, 2.75) is 18.8 Å². The topological polar surface area (TPSA) is 26.3 Å². The molecule has 1 fully saturated rings. The van der Waals surface area contributed by atoms with Gasteiger partial charge < -0.3 is 4.74 Å². The van der Waals surface area contributed by atoms with Crippen LogP contribution >= 0.6 is 15.9 Å². The van der Waals surface area contributed by atoms with Crippen LogP contribution in [0.4, 0.5) is 0 Å². The van der Waals surface area contributed by atoms with E-state index in [0.717, 1.165) is 29.2 Å². The maximum atomic E-state index is 12.1. The summed E-state index contributed by atoms with van der Waals surface area (Å²) in [6, 6.07) is 14.2. The summed E-state index contributed by atoms with van der Waals surface area (Å²) in [7, 11) is 0. The van der Waals surface area contributed by atoms with E-state index in [-0.39, 0.29) is 11.9 Å². The molecule has 0 aliphatic carbocycles. The Morgan fingerprint density at radius 3 is 2.74 bits per heavy atom. The van der Waals surface area contributed by atoms with Crippen LogP contribution in [0.25, 0.3) is 10.8 Å². The molecule has 2 nitrogen and oxygen atoms in total. The van der Waals surface area contributed by atoms with E-state index < -0.39 is 0 Å². The molecule has 0 N–H and O–H groups in total.